The summed E-state index contributed by atoms with van der Waals surface area (Å²) in [5.41, 5.74) is 3.09. The quantitative estimate of drug-likeness (QED) is 0.395. The van der Waals surface area contributed by atoms with Crippen molar-refractivity contribution in [1.82, 2.24) is 20.4 Å². The number of carbonyl (C=O) groups excluding carboxylic acids is 1. The number of nitrogens with zero attached hydrogens (tertiary/aromatic N) is 3. The van der Waals surface area contributed by atoms with Gasteiger partial charge in [-0.2, -0.15) is 4.98 Å². The van der Waals surface area contributed by atoms with E-state index < -0.39 is 6.04 Å². The topological polar surface area (TPSA) is 99.0 Å². The summed E-state index contributed by atoms with van der Waals surface area (Å²) in [4.78, 5) is 19.6. The highest BCUT2D eigenvalue weighted by Crippen LogP contribution is 2.38. The lowest BCUT2D eigenvalue weighted by Gasteiger charge is -2.35. The highest BCUT2D eigenvalue weighted by atomic mass is 16.5. The maximum absolute atomic E-state index is 13.2. The normalized spacial score (nSPS) is 15.9. The maximum Gasteiger partial charge on any atom is 0.322 e. The molecule has 3 aromatic rings. The average molecular weight is 493 g/mol. The molecule has 0 aliphatic carbocycles. The highest BCUT2D eigenvalue weighted by Gasteiger charge is 2.35. The van der Waals surface area contributed by atoms with Gasteiger partial charge in [-0.3, -0.25) is 4.90 Å². The first-order valence-corrected chi connectivity index (χ1v) is 11.9. The van der Waals surface area contributed by atoms with E-state index in [9.17, 15) is 4.79 Å². The van der Waals surface area contributed by atoms with E-state index in [1.54, 1.807) is 19.1 Å². The minimum atomic E-state index is -0.491. The Morgan fingerprint density at radius 3 is 2.53 bits per heavy atom. The Hall–Kier alpha value is -3.85. The van der Waals surface area contributed by atoms with Gasteiger partial charge < -0.3 is 24.1 Å². The van der Waals surface area contributed by atoms with Crippen LogP contribution in [0.1, 0.15) is 44.7 Å². The monoisotopic (exact) mass is 492 g/mol. The molecule has 1 aromatic heterocycles. The number of carbonyl (C=O) groups is 1. The molecule has 1 aliphatic heterocycles. The molecule has 0 saturated carbocycles. The predicted octanol–water partition coefficient (Wildman–Crippen LogP) is 5.07. The molecule has 0 bridgehead atoms. The summed E-state index contributed by atoms with van der Waals surface area (Å²) in [5.74, 6) is 2.15. The SMILES string of the molecule is COc1cccc(-c2noc(C3=C(C)N(CCCOC(C)C)C(=O)NC3c3cccc(OC)c3)n2)c1. The summed E-state index contributed by atoms with van der Waals surface area (Å²) in [6, 6.07) is 14.4. The number of allylic oxidation sites excluding steroid dienone is 1. The van der Waals surface area contributed by atoms with Gasteiger partial charge >= 0.3 is 6.03 Å². The van der Waals surface area contributed by atoms with Crippen LogP contribution in [-0.2, 0) is 4.74 Å². The summed E-state index contributed by atoms with van der Waals surface area (Å²) < 4.78 is 22.2. The first kappa shape index (κ1) is 25.2. The van der Waals surface area contributed by atoms with Crippen molar-refractivity contribution in [2.75, 3.05) is 27.4 Å². The smallest absolute Gasteiger partial charge is 0.322 e. The average Bonchev–Trinajstić information content (AvgIpc) is 3.37. The second kappa shape index (κ2) is 11.3. The number of benzene rings is 2. The van der Waals surface area contributed by atoms with Gasteiger partial charge in [-0.1, -0.05) is 29.4 Å². The van der Waals surface area contributed by atoms with Gasteiger partial charge in [0.05, 0.1) is 31.9 Å². The van der Waals surface area contributed by atoms with Crippen LogP contribution in [0.5, 0.6) is 11.5 Å². The number of urea groups is 1. The van der Waals surface area contributed by atoms with Crippen molar-refractivity contribution in [2.45, 2.75) is 39.3 Å². The second-order valence-electron chi connectivity index (χ2n) is 8.74. The molecule has 9 heteroatoms. The molecule has 190 valence electrons. The van der Waals surface area contributed by atoms with E-state index >= 15 is 0 Å². The van der Waals surface area contributed by atoms with E-state index in [1.807, 2.05) is 69.3 Å². The lowest BCUT2D eigenvalue weighted by atomic mass is 9.94. The van der Waals surface area contributed by atoms with Crippen LogP contribution in [0.4, 0.5) is 4.79 Å². The van der Waals surface area contributed by atoms with Crippen molar-refractivity contribution in [2.24, 2.45) is 0 Å². The number of hydrogen-bond donors (Lipinski definition) is 1. The zero-order chi connectivity index (χ0) is 25.7. The molecule has 1 N–H and O–H groups in total. The third kappa shape index (κ3) is 5.52. The molecule has 2 amide bonds. The maximum atomic E-state index is 13.2. The van der Waals surface area contributed by atoms with Crippen molar-refractivity contribution in [3.63, 3.8) is 0 Å². The van der Waals surface area contributed by atoms with Crippen molar-refractivity contribution < 1.29 is 23.5 Å². The number of hydrogen-bond acceptors (Lipinski definition) is 7. The van der Waals surface area contributed by atoms with E-state index in [-0.39, 0.29) is 12.1 Å². The lowest BCUT2D eigenvalue weighted by molar-refractivity contribution is 0.0736. The molecule has 9 nitrogen and oxygen atoms in total. The summed E-state index contributed by atoms with van der Waals surface area (Å²) >= 11 is 0. The van der Waals surface area contributed by atoms with Gasteiger partial charge in [-0.25, -0.2) is 4.79 Å². The van der Waals surface area contributed by atoms with Crippen LogP contribution in [0.15, 0.2) is 58.8 Å². The fraction of sp³-hybridized carbons (Fsp3) is 0.370. The number of methoxy groups -OCH3 is 2. The van der Waals surface area contributed by atoms with Crippen molar-refractivity contribution in [3.05, 3.63) is 65.7 Å². The first-order valence-electron chi connectivity index (χ1n) is 11.9. The first-order chi connectivity index (χ1) is 17.4. The summed E-state index contributed by atoms with van der Waals surface area (Å²) in [6.07, 6.45) is 0.831. The third-order valence-corrected chi connectivity index (χ3v) is 5.99. The number of aromatic nitrogens is 2. The van der Waals surface area contributed by atoms with Crippen LogP contribution in [0.2, 0.25) is 0 Å². The third-order valence-electron chi connectivity index (χ3n) is 5.99. The molecule has 2 aromatic carbocycles. The zero-order valence-corrected chi connectivity index (χ0v) is 21.3. The van der Waals surface area contributed by atoms with Crippen LogP contribution >= 0.6 is 0 Å². The minimum Gasteiger partial charge on any atom is -0.497 e. The van der Waals surface area contributed by atoms with E-state index in [1.165, 1.54) is 0 Å². The Labute approximate surface area is 211 Å². The Bertz CT molecular complexity index is 1240. The van der Waals surface area contributed by atoms with E-state index in [0.717, 1.165) is 22.4 Å². The Morgan fingerprint density at radius 2 is 1.81 bits per heavy atom. The van der Waals surface area contributed by atoms with Gasteiger partial charge in [0.15, 0.2) is 0 Å². The fourth-order valence-electron chi connectivity index (χ4n) is 4.15. The summed E-state index contributed by atoms with van der Waals surface area (Å²) in [5, 5.41) is 7.34. The van der Waals surface area contributed by atoms with Crippen molar-refractivity contribution in [1.29, 1.82) is 0 Å². The zero-order valence-electron chi connectivity index (χ0n) is 21.3. The van der Waals surface area contributed by atoms with Gasteiger partial charge in [0.2, 0.25) is 5.82 Å². The number of rotatable bonds is 10. The van der Waals surface area contributed by atoms with Crippen molar-refractivity contribution >= 4 is 11.6 Å². The fourth-order valence-corrected chi connectivity index (χ4v) is 4.15. The predicted molar refractivity (Wildman–Crippen MR) is 136 cm³/mol. The minimum absolute atomic E-state index is 0.137. The van der Waals surface area contributed by atoms with Crippen LogP contribution in [0.3, 0.4) is 0 Å². The standard InChI is InChI=1S/C27H32N4O5/c1-17(2)35-14-8-13-31-18(3)23(24(28-27(31)32)19-9-6-11-21(15-19)33-4)26-29-25(30-36-26)20-10-7-12-22(16-20)34-5/h6-7,9-12,15-17,24H,8,13-14H2,1-5H3,(H,28,32). The molecule has 0 saturated heterocycles. The molecule has 4 rings (SSSR count). The number of amides is 2. The van der Waals surface area contributed by atoms with Gasteiger partial charge in [-0.05, 0) is 57.0 Å². The molecule has 1 aliphatic rings. The van der Waals surface area contributed by atoms with Gasteiger partial charge in [-0.15, -0.1) is 0 Å². The molecule has 0 spiro atoms. The molecular formula is C27H32N4O5. The van der Waals surface area contributed by atoms with Gasteiger partial charge in [0.1, 0.15) is 11.5 Å². The highest BCUT2D eigenvalue weighted by molar-refractivity contribution is 5.87. The van der Waals surface area contributed by atoms with E-state index in [4.69, 9.17) is 23.7 Å². The van der Waals surface area contributed by atoms with E-state index in [2.05, 4.69) is 10.5 Å². The molecule has 36 heavy (non-hydrogen) atoms. The van der Waals surface area contributed by atoms with E-state index in [0.29, 0.717) is 42.8 Å². The molecule has 1 unspecified atom stereocenters. The molecular weight excluding hydrogens is 460 g/mol. The lowest BCUT2D eigenvalue weighted by Crippen LogP contribution is -2.46. The van der Waals surface area contributed by atoms with Crippen molar-refractivity contribution in [3.8, 4) is 22.9 Å². The Kier molecular flexibility index (Phi) is 7.90. The van der Waals surface area contributed by atoms with Crippen LogP contribution < -0.4 is 14.8 Å². The number of nitrogens with one attached hydrogen (secondary N) is 1. The Balaban J connectivity index is 1.73. The van der Waals surface area contributed by atoms with Gasteiger partial charge in [0.25, 0.3) is 5.89 Å². The molecule has 0 radical (unpaired) electrons. The molecule has 2 heterocycles. The summed E-state index contributed by atoms with van der Waals surface area (Å²) in [7, 11) is 3.22. The van der Waals surface area contributed by atoms with Gasteiger partial charge in [0, 0.05) is 24.4 Å². The Morgan fingerprint density at radius 1 is 1.08 bits per heavy atom. The second-order valence-corrected chi connectivity index (χ2v) is 8.74. The molecule has 1 atom stereocenters. The largest absolute Gasteiger partial charge is 0.497 e. The van der Waals surface area contributed by atoms with Crippen LogP contribution in [-0.4, -0.2) is 54.5 Å². The number of ether oxygens (including phenoxy) is 3. The molecule has 0 fully saturated rings. The summed E-state index contributed by atoms with van der Waals surface area (Å²) in [6.45, 7) is 6.94. The van der Waals surface area contributed by atoms with Crippen LogP contribution in [0.25, 0.3) is 17.0 Å². The van der Waals surface area contributed by atoms with Crippen LogP contribution in [0, 0.1) is 0 Å².